The summed E-state index contributed by atoms with van der Waals surface area (Å²) in [5.41, 5.74) is 6.71. The molecule has 5 aromatic rings. The Labute approximate surface area is 224 Å². The molecule has 0 fully saturated rings. The molecule has 0 unspecified atom stereocenters. The topological polar surface area (TPSA) is 25.8 Å². The van der Waals surface area contributed by atoms with Crippen LogP contribution < -0.4 is 0 Å². The number of rotatable bonds is 3. The van der Waals surface area contributed by atoms with Crippen molar-refractivity contribution in [2.24, 2.45) is 0 Å². The minimum atomic E-state index is -2.10. The van der Waals surface area contributed by atoms with Gasteiger partial charge in [-0.05, 0) is 48.7 Å². The Bertz CT molecular complexity index is 1500. The number of hydrogen-bond acceptors (Lipinski definition) is 2. The van der Waals surface area contributed by atoms with Gasteiger partial charge in [-0.25, -0.2) is 0 Å². The molecule has 3 aromatic carbocycles. The maximum atomic E-state index is 7.39. The number of nitrogens with zero attached hydrogens (tertiary/aromatic N) is 2. The third-order valence-electron chi connectivity index (χ3n) is 5.06. The molecule has 0 aliphatic heterocycles. The average molecular weight is 625 g/mol. The maximum absolute atomic E-state index is 7.39. The Hall–Kier alpha value is -3.39. The molecule has 0 N–H and O–H groups in total. The minimum absolute atomic E-state index is 0. The summed E-state index contributed by atoms with van der Waals surface area (Å²) in [6.07, 6.45) is 3.22. The van der Waals surface area contributed by atoms with Crippen LogP contribution in [0.25, 0.3) is 33.6 Å². The van der Waals surface area contributed by atoms with Crippen LogP contribution in [0.3, 0.4) is 0 Å². The fourth-order valence-electron chi connectivity index (χ4n) is 3.20. The molecule has 171 valence electrons. The van der Waals surface area contributed by atoms with E-state index >= 15 is 0 Å². The molecular formula is C31H26IrN2-2. The van der Waals surface area contributed by atoms with Crippen LogP contribution in [0.1, 0.15) is 24.9 Å². The molecule has 0 spiro atoms. The summed E-state index contributed by atoms with van der Waals surface area (Å²) < 4.78 is 44.3. The van der Waals surface area contributed by atoms with E-state index in [-0.39, 0.29) is 20.1 Å². The Kier molecular flexibility index (Phi) is 6.45. The SMILES string of the molecule is [2H]C([2H])([2H])c1ccc(-c2ccc(-c3[c-]cccc3)nc2)cc1.[2H]C([2H])([2H])c1cnc(-c2[c-]cccc2)cc1C.[Ir]. The van der Waals surface area contributed by atoms with Gasteiger partial charge in [-0.2, -0.15) is 0 Å². The van der Waals surface area contributed by atoms with Crippen molar-refractivity contribution < 1.29 is 28.3 Å². The number of aryl methyl sites for hydroxylation is 3. The van der Waals surface area contributed by atoms with Crippen LogP contribution in [0.2, 0.25) is 0 Å². The van der Waals surface area contributed by atoms with Gasteiger partial charge in [0.25, 0.3) is 0 Å². The van der Waals surface area contributed by atoms with Crippen molar-refractivity contribution in [3.05, 3.63) is 132 Å². The van der Waals surface area contributed by atoms with Crippen molar-refractivity contribution in [1.29, 1.82) is 0 Å². The zero-order chi connectivity index (χ0) is 28.0. The van der Waals surface area contributed by atoms with Crippen molar-refractivity contribution in [3.63, 3.8) is 0 Å². The minimum Gasteiger partial charge on any atom is -0.304 e. The van der Waals surface area contributed by atoms with E-state index in [0.29, 0.717) is 11.1 Å². The predicted molar refractivity (Wildman–Crippen MR) is 137 cm³/mol. The normalized spacial score (nSPS) is 13.3. The van der Waals surface area contributed by atoms with Gasteiger partial charge in [0.1, 0.15) is 0 Å². The largest absolute Gasteiger partial charge is 0.304 e. The zero-order valence-electron chi connectivity index (χ0n) is 24.5. The summed E-state index contributed by atoms with van der Waals surface area (Å²) in [4.78, 5) is 8.64. The Balaban J connectivity index is 0.000000222. The average Bonchev–Trinajstić information content (AvgIpc) is 2.93. The van der Waals surface area contributed by atoms with Gasteiger partial charge in [0.2, 0.25) is 0 Å². The van der Waals surface area contributed by atoms with Crippen LogP contribution in [0.15, 0.2) is 103 Å². The fraction of sp³-hybridized carbons (Fsp3) is 0.0968. The van der Waals surface area contributed by atoms with Crippen molar-refractivity contribution in [1.82, 2.24) is 9.97 Å². The Morgan fingerprint density at radius 1 is 0.647 bits per heavy atom. The third kappa shape index (κ3) is 6.57. The molecule has 0 saturated heterocycles. The number of pyridine rings is 2. The van der Waals surface area contributed by atoms with Gasteiger partial charge in [0.15, 0.2) is 0 Å². The molecule has 0 bridgehead atoms. The molecule has 2 nitrogen and oxygen atoms in total. The fourth-order valence-corrected chi connectivity index (χ4v) is 3.20. The Morgan fingerprint density at radius 3 is 1.82 bits per heavy atom. The van der Waals surface area contributed by atoms with Crippen LogP contribution in [0.4, 0.5) is 0 Å². The first kappa shape index (κ1) is 18.0. The summed E-state index contributed by atoms with van der Waals surface area (Å²) in [6.45, 7) is -2.38. The molecule has 0 aliphatic rings. The molecule has 2 heterocycles. The van der Waals surface area contributed by atoms with Crippen LogP contribution >= 0.6 is 0 Å². The molecule has 0 atom stereocenters. The van der Waals surface area contributed by atoms with E-state index in [1.165, 1.54) is 6.20 Å². The van der Waals surface area contributed by atoms with Crippen LogP contribution in [0, 0.1) is 32.8 Å². The molecule has 0 amide bonds. The van der Waals surface area contributed by atoms with Crippen LogP contribution in [-0.2, 0) is 20.1 Å². The quantitative estimate of drug-likeness (QED) is 0.193. The molecule has 1 radical (unpaired) electrons. The molecule has 0 saturated carbocycles. The molecular weight excluding hydrogens is 593 g/mol. The summed E-state index contributed by atoms with van der Waals surface area (Å²) in [6, 6.07) is 34.0. The van der Waals surface area contributed by atoms with E-state index in [2.05, 4.69) is 22.1 Å². The van der Waals surface area contributed by atoms with Gasteiger partial charge in [-0.3, -0.25) is 0 Å². The second-order valence-corrected chi connectivity index (χ2v) is 7.45. The Morgan fingerprint density at radius 2 is 1.29 bits per heavy atom. The smallest absolute Gasteiger partial charge is 0.0280 e. The standard InChI is InChI=1S/C18H14N.C13H12N.Ir/c1-14-7-9-15(10-8-14)17-11-12-18(19-13-17)16-5-3-2-4-6-16;1-10-8-13(14-9-11(10)2)12-6-4-3-5-7-12;/h2-5,7-13H,1H3;3-6,8-9H,1-2H3;/q2*-1;/i1D3;2D3;. The maximum Gasteiger partial charge on any atom is 0.0280 e. The van der Waals surface area contributed by atoms with Crippen LogP contribution in [-0.4, -0.2) is 9.97 Å². The summed E-state index contributed by atoms with van der Waals surface area (Å²) >= 11 is 0. The molecule has 3 heteroatoms. The molecule has 0 aliphatic carbocycles. The summed E-state index contributed by atoms with van der Waals surface area (Å²) in [5, 5.41) is 0. The molecule has 2 aromatic heterocycles. The summed E-state index contributed by atoms with van der Waals surface area (Å²) in [7, 11) is 0. The summed E-state index contributed by atoms with van der Waals surface area (Å²) in [5.74, 6) is 0. The first-order valence-corrected chi connectivity index (χ1v) is 10.5. The zero-order valence-corrected chi connectivity index (χ0v) is 20.9. The number of aromatic nitrogens is 2. The van der Waals surface area contributed by atoms with E-state index in [1.54, 1.807) is 31.3 Å². The first-order valence-electron chi connectivity index (χ1n) is 13.5. The van der Waals surface area contributed by atoms with Gasteiger partial charge in [-0.1, -0.05) is 53.6 Å². The van der Waals surface area contributed by atoms with E-state index < -0.39 is 13.7 Å². The van der Waals surface area contributed by atoms with Gasteiger partial charge < -0.3 is 9.97 Å². The monoisotopic (exact) mass is 625 g/mol. The van der Waals surface area contributed by atoms with E-state index in [9.17, 15) is 0 Å². The second kappa shape index (κ2) is 12.2. The predicted octanol–water partition coefficient (Wildman–Crippen LogP) is 7.69. The molecule has 5 rings (SSSR count). The van der Waals surface area contributed by atoms with Crippen molar-refractivity contribution in [3.8, 4) is 33.6 Å². The van der Waals surface area contributed by atoms with Gasteiger partial charge in [-0.15, -0.1) is 71.8 Å². The third-order valence-corrected chi connectivity index (χ3v) is 5.06. The van der Waals surface area contributed by atoms with E-state index in [1.807, 2.05) is 72.8 Å². The molecule has 34 heavy (non-hydrogen) atoms. The second-order valence-electron chi connectivity index (χ2n) is 7.45. The van der Waals surface area contributed by atoms with Crippen molar-refractivity contribution in [2.45, 2.75) is 20.6 Å². The van der Waals surface area contributed by atoms with Gasteiger partial charge in [0.05, 0.1) is 0 Å². The van der Waals surface area contributed by atoms with Gasteiger partial charge in [0, 0.05) is 40.7 Å². The van der Waals surface area contributed by atoms with E-state index in [0.717, 1.165) is 39.2 Å². The van der Waals surface area contributed by atoms with Crippen molar-refractivity contribution in [2.75, 3.05) is 0 Å². The first-order chi connectivity index (χ1) is 18.5. The van der Waals surface area contributed by atoms with Gasteiger partial charge >= 0.3 is 0 Å². The number of hydrogen-bond donors (Lipinski definition) is 0. The van der Waals surface area contributed by atoms with Crippen LogP contribution in [0.5, 0.6) is 0 Å². The number of benzene rings is 3. The van der Waals surface area contributed by atoms with E-state index in [4.69, 9.17) is 8.22 Å². The van der Waals surface area contributed by atoms with Crippen molar-refractivity contribution >= 4 is 0 Å².